The summed E-state index contributed by atoms with van der Waals surface area (Å²) in [4.78, 5) is 0. The second-order valence-corrected chi connectivity index (χ2v) is 4.01. The van der Waals surface area contributed by atoms with E-state index in [-0.39, 0.29) is 0 Å². The molecule has 3 saturated carbocycles. The van der Waals surface area contributed by atoms with Gasteiger partial charge in [0.1, 0.15) is 0 Å². The molecule has 2 bridgehead atoms. The van der Waals surface area contributed by atoms with Gasteiger partial charge in [-0.25, -0.2) is 0 Å². The molecular formula is C9H16O. The number of methoxy groups -OCH3 is 1. The Morgan fingerprint density at radius 3 is 2.30 bits per heavy atom. The fourth-order valence-electron chi connectivity index (χ4n) is 2.80. The van der Waals surface area contributed by atoms with Gasteiger partial charge in [-0.05, 0) is 37.0 Å². The molecule has 0 spiro atoms. The van der Waals surface area contributed by atoms with Gasteiger partial charge in [0.05, 0.1) is 6.10 Å². The SMILES string of the molecule is CO[C@@H]1[C@H]2C[C@@H](C[C@H]1C)C2. The van der Waals surface area contributed by atoms with Crippen LogP contribution < -0.4 is 0 Å². The van der Waals surface area contributed by atoms with Crippen LogP contribution in [-0.2, 0) is 4.74 Å². The molecule has 0 N–H and O–H groups in total. The van der Waals surface area contributed by atoms with E-state index in [4.69, 9.17) is 4.74 Å². The Morgan fingerprint density at radius 2 is 1.90 bits per heavy atom. The third-order valence-corrected chi connectivity index (χ3v) is 3.27. The van der Waals surface area contributed by atoms with Crippen molar-refractivity contribution in [1.29, 1.82) is 0 Å². The van der Waals surface area contributed by atoms with Crippen LogP contribution >= 0.6 is 0 Å². The lowest BCUT2D eigenvalue weighted by molar-refractivity contribution is -0.0885. The normalized spacial score (nSPS) is 52.2. The summed E-state index contributed by atoms with van der Waals surface area (Å²) in [5.41, 5.74) is 0. The number of ether oxygens (including phenoxy) is 1. The Kier molecular flexibility index (Phi) is 1.48. The van der Waals surface area contributed by atoms with Gasteiger partial charge in [-0.2, -0.15) is 0 Å². The maximum atomic E-state index is 5.45. The predicted octanol–water partition coefficient (Wildman–Crippen LogP) is 2.07. The lowest BCUT2D eigenvalue weighted by Crippen LogP contribution is -2.45. The van der Waals surface area contributed by atoms with E-state index >= 15 is 0 Å². The second-order valence-electron chi connectivity index (χ2n) is 4.01. The highest BCUT2D eigenvalue weighted by Crippen LogP contribution is 2.48. The van der Waals surface area contributed by atoms with Crippen molar-refractivity contribution in [3.8, 4) is 0 Å². The zero-order valence-corrected chi connectivity index (χ0v) is 6.84. The van der Waals surface area contributed by atoms with Gasteiger partial charge >= 0.3 is 0 Å². The highest BCUT2D eigenvalue weighted by atomic mass is 16.5. The highest BCUT2D eigenvalue weighted by Gasteiger charge is 2.43. The van der Waals surface area contributed by atoms with Crippen molar-refractivity contribution in [2.45, 2.75) is 32.3 Å². The molecule has 0 unspecified atom stereocenters. The van der Waals surface area contributed by atoms with E-state index in [0.29, 0.717) is 6.10 Å². The summed E-state index contributed by atoms with van der Waals surface area (Å²) in [7, 11) is 1.86. The first kappa shape index (κ1) is 6.66. The fraction of sp³-hybridized carbons (Fsp3) is 1.00. The molecular weight excluding hydrogens is 124 g/mol. The largest absolute Gasteiger partial charge is 0.381 e. The van der Waals surface area contributed by atoms with E-state index in [2.05, 4.69) is 6.92 Å². The Bertz CT molecular complexity index is 125. The Labute approximate surface area is 62.8 Å². The van der Waals surface area contributed by atoms with Gasteiger partial charge in [0, 0.05) is 7.11 Å². The molecule has 0 aliphatic heterocycles. The lowest BCUT2D eigenvalue weighted by Gasteiger charge is -2.49. The Morgan fingerprint density at radius 1 is 1.20 bits per heavy atom. The molecule has 0 aromatic heterocycles. The van der Waals surface area contributed by atoms with Gasteiger partial charge in [-0.3, -0.25) is 0 Å². The summed E-state index contributed by atoms with van der Waals surface area (Å²) in [5, 5.41) is 0. The molecule has 3 aliphatic carbocycles. The molecule has 2 atom stereocenters. The van der Waals surface area contributed by atoms with E-state index < -0.39 is 0 Å². The molecule has 1 heteroatoms. The first-order chi connectivity index (χ1) is 4.81. The third-order valence-electron chi connectivity index (χ3n) is 3.27. The van der Waals surface area contributed by atoms with E-state index in [1.165, 1.54) is 19.3 Å². The minimum absolute atomic E-state index is 0.588. The maximum Gasteiger partial charge on any atom is 0.0625 e. The van der Waals surface area contributed by atoms with Crippen molar-refractivity contribution in [1.82, 2.24) is 0 Å². The van der Waals surface area contributed by atoms with Crippen molar-refractivity contribution in [3.63, 3.8) is 0 Å². The predicted molar refractivity (Wildman–Crippen MR) is 40.8 cm³/mol. The van der Waals surface area contributed by atoms with E-state index in [9.17, 15) is 0 Å². The van der Waals surface area contributed by atoms with Gasteiger partial charge in [0.2, 0.25) is 0 Å². The molecule has 0 saturated heterocycles. The van der Waals surface area contributed by atoms with Gasteiger partial charge in [-0.15, -0.1) is 0 Å². The molecule has 0 heterocycles. The van der Waals surface area contributed by atoms with Crippen LogP contribution in [0.4, 0.5) is 0 Å². The average molecular weight is 140 g/mol. The Hall–Kier alpha value is -0.0400. The number of rotatable bonds is 1. The quantitative estimate of drug-likeness (QED) is 0.541. The van der Waals surface area contributed by atoms with Gasteiger partial charge < -0.3 is 4.74 Å². The van der Waals surface area contributed by atoms with Crippen LogP contribution in [0.15, 0.2) is 0 Å². The van der Waals surface area contributed by atoms with Crippen LogP contribution in [0.25, 0.3) is 0 Å². The lowest BCUT2D eigenvalue weighted by atomic mass is 9.60. The summed E-state index contributed by atoms with van der Waals surface area (Å²) >= 11 is 0. The number of hydrogen-bond acceptors (Lipinski definition) is 1. The molecule has 58 valence electrons. The molecule has 1 nitrogen and oxygen atoms in total. The summed E-state index contributed by atoms with van der Waals surface area (Å²) < 4.78 is 5.45. The first-order valence-corrected chi connectivity index (χ1v) is 4.34. The monoisotopic (exact) mass is 140 g/mol. The molecule has 0 amide bonds. The van der Waals surface area contributed by atoms with Crippen LogP contribution in [0.1, 0.15) is 26.2 Å². The highest BCUT2D eigenvalue weighted by molar-refractivity contribution is 4.94. The first-order valence-electron chi connectivity index (χ1n) is 4.34. The topological polar surface area (TPSA) is 9.23 Å². The number of hydrogen-bond donors (Lipinski definition) is 0. The van der Waals surface area contributed by atoms with Crippen LogP contribution in [-0.4, -0.2) is 13.2 Å². The third kappa shape index (κ3) is 0.800. The minimum Gasteiger partial charge on any atom is -0.381 e. The van der Waals surface area contributed by atoms with Crippen molar-refractivity contribution >= 4 is 0 Å². The molecule has 0 aromatic carbocycles. The molecule has 0 aromatic rings. The van der Waals surface area contributed by atoms with E-state index in [1.54, 1.807) is 0 Å². The minimum atomic E-state index is 0.588. The maximum absolute atomic E-state index is 5.45. The molecule has 3 rings (SSSR count). The van der Waals surface area contributed by atoms with Crippen molar-refractivity contribution in [2.75, 3.05) is 7.11 Å². The van der Waals surface area contributed by atoms with E-state index in [0.717, 1.165) is 17.8 Å². The summed E-state index contributed by atoms with van der Waals surface area (Å²) in [6, 6.07) is 0. The van der Waals surface area contributed by atoms with Crippen molar-refractivity contribution in [2.24, 2.45) is 17.8 Å². The van der Waals surface area contributed by atoms with Crippen molar-refractivity contribution in [3.05, 3.63) is 0 Å². The fourth-order valence-corrected chi connectivity index (χ4v) is 2.80. The second kappa shape index (κ2) is 2.23. The van der Waals surface area contributed by atoms with E-state index in [1.807, 2.05) is 7.11 Å². The summed E-state index contributed by atoms with van der Waals surface area (Å²) in [5.74, 6) is 2.80. The Balaban J connectivity index is 2.01. The zero-order chi connectivity index (χ0) is 7.14. The molecule has 10 heavy (non-hydrogen) atoms. The number of fused-ring (bicyclic) bond motifs is 2. The zero-order valence-electron chi connectivity index (χ0n) is 6.84. The molecule has 3 aliphatic rings. The molecule has 3 fully saturated rings. The van der Waals surface area contributed by atoms with Crippen molar-refractivity contribution < 1.29 is 4.74 Å². The van der Waals surface area contributed by atoms with Crippen LogP contribution in [0.5, 0.6) is 0 Å². The van der Waals surface area contributed by atoms with Crippen LogP contribution in [0, 0.1) is 17.8 Å². The standard InChI is InChI=1S/C9H16O/c1-6-3-7-4-8(5-7)9(6)10-2/h6-9H,3-5H2,1-2H3/t6-,7-,8+,9+/m1/s1. The molecule has 0 radical (unpaired) electrons. The smallest absolute Gasteiger partial charge is 0.0625 e. The summed E-state index contributed by atoms with van der Waals surface area (Å²) in [6.07, 6.45) is 4.89. The average Bonchev–Trinajstić information content (AvgIpc) is 1.85. The van der Waals surface area contributed by atoms with Gasteiger partial charge in [0.25, 0.3) is 0 Å². The van der Waals surface area contributed by atoms with Crippen LogP contribution in [0.3, 0.4) is 0 Å². The summed E-state index contributed by atoms with van der Waals surface area (Å²) in [6.45, 7) is 2.33. The van der Waals surface area contributed by atoms with Crippen LogP contribution in [0.2, 0.25) is 0 Å². The van der Waals surface area contributed by atoms with Gasteiger partial charge in [-0.1, -0.05) is 6.92 Å². The van der Waals surface area contributed by atoms with Gasteiger partial charge in [0.15, 0.2) is 0 Å².